The summed E-state index contributed by atoms with van der Waals surface area (Å²) in [7, 11) is 2.08. The quantitative estimate of drug-likeness (QED) is 0.257. The lowest BCUT2D eigenvalue weighted by atomic mass is 10.1. The van der Waals surface area contributed by atoms with Crippen LogP contribution in [0.25, 0.3) is 10.8 Å². The van der Waals surface area contributed by atoms with Gasteiger partial charge in [-0.2, -0.15) is 9.97 Å². The van der Waals surface area contributed by atoms with E-state index in [1.54, 1.807) is 0 Å². The highest BCUT2D eigenvalue weighted by Crippen LogP contribution is 2.30. The van der Waals surface area contributed by atoms with Crippen LogP contribution in [-0.4, -0.2) is 90.6 Å². The van der Waals surface area contributed by atoms with Gasteiger partial charge in [0.25, 0.3) is 5.91 Å². The number of esters is 1. The summed E-state index contributed by atoms with van der Waals surface area (Å²) in [5, 5.41) is 4.93. The summed E-state index contributed by atoms with van der Waals surface area (Å²) < 4.78 is 11.6. The summed E-state index contributed by atoms with van der Waals surface area (Å²) in [6, 6.07) is 23.6. The standard InChI is InChI=1S/C34H39N7O4/c1-39-16-8-13-26(39)23-45-34-37-31(33(43)36-28-15-7-12-25-11-5-6-14-27(25)28)30(35)32(38-34)41-19-17-40(18-20-41)21-29(42)44-22-24-9-3-2-4-10-24/h2-7,9-12,14-15,26H,8,13,16-23,35H2,1H3,(H,36,43)/t26-/m0/s1. The number of ether oxygens (including phenoxy) is 2. The number of amides is 1. The van der Waals surface area contributed by atoms with Crippen LogP contribution in [0.2, 0.25) is 0 Å². The number of carbonyl (C=O) groups excluding carboxylic acids is 2. The number of benzene rings is 3. The highest BCUT2D eigenvalue weighted by molar-refractivity contribution is 6.11. The molecule has 3 heterocycles. The zero-order valence-electron chi connectivity index (χ0n) is 25.5. The van der Waals surface area contributed by atoms with Gasteiger partial charge in [0, 0.05) is 43.3 Å². The molecule has 2 fully saturated rings. The molecule has 3 aromatic carbocycles. The summed E-state index contributed by atoms with van der Waals surface area (Å²) in [6.07, 6.45) is 2.14. The number of nitrogen functional groups attached to an aromatic ring is 1. The molecule has 3 N–H and O–H groups in total. The van der Waals surface area contributed by atoms with Crippen molar-refractivity contribution in [2.75, 3.05) is 68.9 Å². The minimum absolute atomic E-state index is 0.0645. The Balaban J connectivity index is 1.17. The lowest BCUT2D eigenvalue weighted by molar-refractivity contribution is -0.146. The van der Waals surface area contributed by atoms with E-state index < -0.39 is 5.91 Å². The Kier molecular flexibility index (Phi) is 9.37. The first-order valence-electron chi connectivity index (χ1n) is 15.4. The fourth-order valence-corrected chi connectivity index (χ4v) is 5.88. The molecule has 6 rings (SSSR count). The minimum Gasteiger partial charge on any atom is -0.462 e. The molecule has 1 atom stereocenters. The molecule has 2 aliphatic rings. The number of nitrogens with zero attached hydrogens (tertiary/aromatic N) is 5. The Labute approximate surface area is 262 Å². The molecule has 45 heavy (non-hydrogen) atoms. The second-order valence-electron chi connectivity index (χ2n) is 11.6. The van der Waals surface area contributed by atoms with Crippen LogP contribution in [0.1, 0.15) is 28.9 Å². The minimum atomic E-state index is -0.435. The Morgan fingerprint density at radius 2 is 1.69 bits per heavy atom. The van der Waals surface area contributed by atoms with E-state index in [9.17, 15) is 9.59 Å². The highest BCUT2D eigenvalue weighted by Gasteiger charge is 2.28. The molecular weight excluding hydrogens is 570 g/mol. The van der Waals surface area contributed by atoms with Gasteiger partial charge in [-0.05, 0) is 43.5 Å². The summed E-state index contributed by atoms with van der Waals surface area (Å²) in [4.78, 5) is 41.7. The number of rotatable bonds is 10. The van der Waals surface area contributed by atoms with Crippen molar-refractivity contribution in [3.63, 3.8) is 0 Å². The average molecular weight is 610 g/mol. The molecule has 2 aliphatic heterocycles. The van der Waals surface area contributed by atoms with E-state index in [1.165, 1.54) is 0 Å². The van der Waals surface area contributed by atoms with E-state index in [2.05, 4.69) is 27.2 Å². The highest BCUT2D eigenvalue weighted by atomic mass is 16.5. The smallest absolute Gasteiger partial charge is 0.320 e. The number of fused-ring (bicyclic) bond motifs is 1. The molecule has 0 spiro atoms. The molecule has 4 aromatic rings. The molecule has 0 unspecified atom stereocenters. The summed E-state index contributed by atoms with van der Waals surface area (Å²) in [6.45, 7) is 4.20. The van der Waals surface area contributed by atoms with E-state index in [1.807, 2.05) is 82.6 Å². The maximum Gasteiger partial charge on any atom is 0.320 e. The third kappa shape index (κ3) is 7.33. The Morgan fingerprint density at radius 1 is 0.933 bits per heavy atom. The van der Waals surface area contributed by atoms with E-state index in [0.717, 1.165) is 35.7 Å². The molecule has 2 saturated heterocycles. The SMILES string of the molecule is CN1CCC[C@H]1COc1nc(C(=O)Nc2cccc3ccccc23)c(N)c(N2CCN(CC(=O)OCc3ccccc3)CC2)n1. The molecule has 11 heteroatoms. The number of likely N-dealkylation sites (tertiary alicyclic amines) is 1. The van der Waals surface area contributed by atoms with Crippen molar-refractivity contribution in [3.05, 3.63) is 84.1 Å². The second kappa shape index (κ2) is 13.9. The van der Waals surface area contributed by atoms with Crippen molar-refractivity contribution in [1.82, 2.24) is 19.8 Å². The lowest BCUT2D eigenvalue weighted by Gasteiger charge is -2.35. The average Bonchev–Trinajstić information content (AvgIpc) is 3.48. The molecule has 11 nitrogen and oxygen atoms in total. The van der Waals surface area contributed by atoms with E-state index in [4.69, 9.17) is 15.2 Å². The van der Waals surface area contributed by atoms with Gasteiger partial charge < -0.3 is 30.3 Å². The molecule has 0 saturated carbocycles. The third-order valence-corrected chi connectivity index (χ3v) is 8.50. The zero-order valence-corrected chi connectivity index (χ0v) is 25.5. The molecule has 0 bridgehead atoms. The maximum atomic E-state index is 13.7. The van der Waals surface area contributed by atoms with Gasteiger partial charge in [0.2, 0.25) is 0 Å². The van der Waals surface area contributed by atoms with Crippen LogP contribution in [-0.2, 0) is 16.1 Å². The van der Waals surface area contributed by atoms with Gasteiger partial charge in [-0.15, -0.1) is 0 Å². The maximum absolute atomic E-state index is 13.7. The Hall–Kier alpha value is -4.74. The first kappa shape index (κ1) is 30.3. The largest absolute Gasteiger partial charge is 0.462 e. The zero-order chi connectivity index (χ0) is 31.2. The fourth-order valence-electron chi connectivity index (χ4n) is 5.88. The van der Waals surface area contributed by atoms with Gasteiger partial charge in [-0.3, -0.25) is 14.5 Å². The molecule has 1 aromatic heterocycles. The van der Waals surface area contributed by atoms with Crippen molar-refractivity contribution in [2.24, 2.45) is 0 Å². The molecule has 0 aliphatic carbocycles. The fraction of sp³-hybridized carbons (Fsp3) is 0.353. The number of aromatic nitrogens is 2. The van der Waals surface area contributed by atoms with E-state index in [0.29, 0.717) is 44.3 Å². The van der Waals surface area contributed by atoms with Gasteiger partial charge >= 0.3 is 12.0 Å². The number of piperazine rings is 1. The van der Waals surface area contributed by atoms with Crippen LogP contribution >= 0.6 is 0 Å². The van der Waals surface area contributed by atoms with E-state index in [-0.39, 0.29) is 42.6 Å². The number of hydrogen-bond acceptors (Lipinski definition) is 10. The molecular formula is C34H39N7O4. The predicted molar refractivity (Wildman–Crippen MR) is 174 cm³/mol. The van der Waals surface area contributed by atoms with Gasteiger partial charge in [0.15, 0.2) is 11.5 Å². The summed E-state index contributed by atoms with van der Waals surface area (Å²) in [5.74, 6) is -0.252. The monoisotopic (exact) mass is 609 g/mol. The van der Waals surface area contributed by atoms with Crippen molar-refractivity contribution in [3.8, 4) is 6.01 Å². The number of carbonyl (C=O) groups is 2. The van der Waals surface area contributed by atoms with Crippen molar-refractivity contribution in [2.45, 2.75) is 25.5 Å². The first-order chi connectivity index (χ1) is 21.9. The van der Waals surface area contributed by atoms with Crippen LogP contribution in [0.4, 0.5) is 17.2 Å². The number of anilines is 3. The van der Waals surface area contributed by atoms with Crippen LogP contribution in [0.3, 0.4) is 0 Å². The van der Waals surface area contributed by atoms with Crippen LogP contribution in [0.15, 0.2) is 72.8 Å². The van der Waals surface area contributed by atoms with Gasteiger partial charge in [-0.1, -0.05) is 66.7 Å². The number of hydrogen-bond donors (Lipinski definition) is 2. The first-order valence-corrected chi connectivity index (χ1v) is 15.4. The number of likely N-dealkylation sites (N-methyl/N-ethyl adjacent to an activating group) is 1. The molecule has 234 valence electrons. The van der Waals surface area contributed by atoms with Crippen LogP contribution in [0.5, 0.6) is 6.01 Å². The Morgan fingerprint density at radius 3 is 2.47 bits per heavy atom. The van der Waals surface area contributed by atoms with Gasteiger partial charge in [0.05, 0.1) is 6.54 Å². The third-order valence-electron chi connectivity index (χ3n) is 8.50. The van der Waals surface area contributed by atoms with Gasteiger partial charge in [0.1, 0.15) is 18.9 Å². The normalized spacial score (nSPS) is 17.4. The number of nitrogens with two attached hydrogens (primary N) is 1. The van der Waals surface area contributed by atoms with Crippen molar-refractivity contribution in [1.29, 1.82) is 0 Å². The Bertz CT molecular complexity index is 1640. The van der Waals surface area contributed by atoms with Crippen LogP contribution < -0.4 is 20.7 Å². The van der Waals surface area contributed by atoms with E-state index >= 15 is 0 Å². The summed E-state index contributed by atoms with van der Waals surface area (Å²) in [5.41, 5.74) is 8.49. The van der Waals surface area contributed by atoms with Gasteiger partial charge in [-0.25, -0.2) is 0 Å². The number of nitrogens with one attached hydrogen (secondary N) is 1. The second-order valence-corrected chi connectivity index (χ2v) is 11.6. The van der Waals surface area contributed by atoms with Crippen LogP contribution in [0, 0.1) is 0 Å². The predicted octanol–water partition coefficient (Wildman–Crippen LogP) is 3.80. The summed E-state index contributed by atoms with van der Waals surface area (Å²) >= 11 is 0. The molecule has 0 radical (unpaired) electrons. The topological polar surface area (TPSA) is 126 Å². The van der Waals surface area contributed by atoms with Crippen molar-refractivity contribution < 1.29 is 19.1 Å². The molecule has 1 amide bonds. The lowest BCUT2D eigenvalue weighted by Crippen LogP contribution is -2.48. The van der Waals surface area contributed by atoms with Crippen molar-refractivity contribution >= 4 is 39.8 Å².